The fourth-order valence-corrected chi connectivity index (χ4v) is 1.80. The number of amidine groups is 1. The summed E-state index contributed by atoms with van der Waals surface area (Å²) >= 11 is 6.00. The van der Waals surface area contributed by atoms with E-state index in [-0.39, 0.29) is 12.4 Å². The van der Waals surface area contributed by atoms with Crippen molar-refractivity contribution < 1.29 is 9.94 Å². The number of benzene rings is 1. The van der Waals surface area contributed by atoms with Crippen molar-refractivity contribution in [3.63, 3.8) is 0 Å². The minimum Gasteiger partial charge on any atom is -0.486 e. The first kappa shape index (κ1) is 13.2. The van der Waals surface area contributed by atoms with Crippen LogP contribution in [0.4, 0.5) is 0 Å². The van der Waals surface area contributed by atoms with E-state index in [2.05, 4.69) is 15.5 Å². The van der Waals surface area contributed by atoms with Crippen molar-refractivity contribution in [2.24, 2.45) is 17.9 Å². The van der Waals surface area contributed by atoms with Gasteiger partial charge in [-0.2, -0.15) is 0 Å². The second-order valence-corrected chi connectivity index (χ2v) is 4.18. The highest BCUT2D eigenvalue weighted by atomic mass is 35.5. The fraction of sp³-hybridized carbons (Fsp3) is 0.182. The molecule has 0 radical (unpaired) electrons. The number of aryl methyl sites for hydroxylation is 1. The molecule has 19 heavy (non-hydrogen) atoms. The minimum atomic E-state index is -0.111. The first-order valence-electron chi connectivity index (χ1n) is 5.36. The van der Waals surface area contributed by atoms with E-state index in [1.165, 1.54) is 0 Å². The molecule has 0 atom stereocenters. The van der Waals surface area contributed by atoms with Gasteiger partial charge in [0.05, 0.1) is 16.8 Å². The summed E-state index contributed by atoms with van der Waals surface area (Å²) in [7, 11) is 1.76. The van der Waals surface area contributed by atoms with Crippen LogP contribution in [0.3, 0.4) is 0 Å². The summed E-state index contributed by atoms with van der Waals surface area (Å²) in [6.07, 6.45) is 1.73. The zero-order chi connectivity index (χ0) is 13.8. The van der Waals surface area contributed by atoms with Crippen LogP contribution in [-0.4, -0.2) is 26.0 Å². The Bertz CT molecular complexity index is 611. The molecule has 8 heteroatoms. The Morgan fingerprint density at radius 1 is 1.58 bits per heavy atom. The van der Waals surface area contributed by atoms with E-state index in [4.69, 9.17) is 27.3 Å². The minimum absolute atomic E-state index is 0.111. The van der Waals surface area contributed by atoms with Gasteiger partial charge in [0.2, 0.25) is 0 Å². The molecule has 0 amide bonds. The first-order chi connectivity index (χ1) is 9.11. The zero-order valence-electron chi connectivity index (χ0n) is 10.1. The molecular formula is C11H12ClN5O2. The van der Waals surface area contributed by atoms with Crippen LogP contribution in [0.25, 0.3) is 0 Å². The molecule has 1 aromatic carbocycles. The number of ether oxygens (including phenoxy) is 1. The maximum Gasteiger partial charge on any atom is 0.175 e. The van der Waals surface area contributed by atoms with Gasteiger partial charge < -0.3 is 15.7 Å². The van der Waals surface area contributed by atoms with E-state index >= 15 is 0 Å². The maximum atomic E-state index is 8.75. The molecule has 2 aromatic rings. The number of nitrogens with two attached hydrogens (primary N) is 1. The molecule has 0 aliphatic rings. The normalized spacial score (nSPS) is 11.6. The van der Waals surface area contributed by atoms with Crippen LogP contribution < -0.4 is 10.5 Å². The van der Waals surface area contributed by atoms with Gasteiger partial charge in [-0.15, -0.1) is 5.10 Å². The summed E-state index contributed by atoms with van der Waals surface area (Å²) in [5.41, 5.74) is 6.58. The predicted octanol–water partition coefficient (Wildman–Crippen LogP) is 1.14. The van der Waals surface area contributed by atoms with Gasteiger partial charge in [0.1, 0.15) is 18.1 Å². The molecule has 0 aliphatic carbocycles. The Kier molecular flexibility index (Phi) is 3.86. The molecule has 100 valence electrons. The summed E-state index contributed by atoms with van der Waals surface area (Å²) < 4.78 is 7.14. The van der Waals surface area contributed by atoms with Gasteiger partial charge in [0.25, 0.3) is 0 Å². The highest BCUT2D eigenvalue weighted by molar-refractivity contribution is 6.34. The third-order valence-corrected chi connectivity index (χ3v) is 2.68. The van der Waals surface area contributed by atoms with Crippen molar-refractivity contribution >= 4 is 17.4 Å². The maximum absolute atomic E-state index is 8.75. The van der Waals surface area contributed by atoms with Gasteiger partial charge in [0, 0.05) is 7.05 Å². The van der Waals surface area contributed by atoms with Crippen molar-refractivity contribution in [3.05, 3.63) is 40.7 Å². The molecule has 0 unspecified atom stereocenters. The Balaban J connectivity index is 2.23. The predicted molar refractivity (Wildman–Crippen MR) is 69.3 cm³/mol. The van der Waals surface area contributed by atoms with Crippen LogP contribution in [-0.2, 0) is 13.7 Å². The van der Waals surface area contributed by atoms with E-state index < -0.39 is 0 Å². The van der Waals surface area contributed by atoms with Crippen LogP contribution in [0, 0.1) is 0 Å². The molecule has 1 aromatic heterocycles. The van der Waals surface area contributed by atoms with Crippen molar-refractivity contribution in [1.82, 2.24) is 15.0 Å². The lowest BCUT2D eigenvalue weighted by molar-refractivity contribution is 0.298. The standard InChI is InChI=1S/C11H12ClN5O2/c1-17-5-7(14-16-17)6-19-9-4-2-3-8(12)10(9)11(13)15-18/h2-5,18H,6H2,1H3,(H2,13,15). The lowest BCUT2D eigenvalue weighted by Gasteiger charge is -2.10. The van der Waals surface area contributed by atoms with E-state index in [1.807, 2.05) is 0 Å². The van der Waals surface area contributed by atoms with Crippen molar-refractivity contribution in [1.29, 1.82) is 0 Å². The largest absolute Gasteiger partial charge is 0.486 e. The third-order valence-electron chi connectivity index (χ3n) is 2.36. The number of halogens is 1. The molecule has 2 rings (SSSR count). The van der Waals surface area contributed by atoms with Crippen LogP contribution in [0.1, 0.15) is 11.3 Å². The number of aromatic nitrogens is 3. The van der Waals surface area contributed by atoms with Crippen LogP contribution in [0.2, 0.25) is 5.02 Å². The summed E-state index contributed by atoms with van der Waals surface area (Å²) in [6, 6.07) is 5.02. The second kappa shape index (κ2) is 5.57. The second-order valence-electron chi connectivity index (χ2n) is 3.77. The molecule has 0 saturated heterocycles. The summed E-state index contributed by atoms with van der Waals surface area (Å²) in [4.78, 5) is 0. The third kappa shape index (κ3) is 2.94. The van der Waals surface area contributed by atoms with E-state index in [9.17, 15) is 0 Å². The molecule has 0 bridgehead atoms. The van der Waals surface area contributed by atoms with Crippen LogP contribution in [0.15, 0.2) is 29.6 Å². The Morgan fingerprint density at radius 3 is 3.00 bits per heavy atom. The first-order valence-corrected chi connectivity index (χ1v) is 5.74. The molecule has 0 aliphatic heterocycles. The zero-order valence-corrected chi connectivity index (χ0v) is 10.9. The highest BCUT2D eigenvalue weighted by Crippen LogP contribution is 2.26. The van der Waals surface area contributed by atoms with Crippen LogP contribution in [0.5, 0.6) is 5.75 Å². The molecule has 0 spiro atoms. The monoisotopic (exact) mass is 281 g/mol. The van der Waals surface area contributed by atoms with Gasteiger partial charge in [-0.25, -0.2) is 0 Å². The number of oxime groups is 1. The molecule has 0 saturated carbocycles. The smallest absolute Gasteiger partial charge is 0.175 e. The number of hydrogen-bond donors (Lipinski definition) is 2. The number of rotatable bonds is 4. The van der Waals surface area contributed by atoms with Gasteiger partial charge in [-0.1, -0.05) is 28.0 Å². The molecule has 0 fully saturated rings. The van der Waals surface area contributed by atoms with Crippen molar-refractivity contribution in [2.45, 2.75) is 6.61 Å². The Labute approximate surface area is 114 Å². The summed E-state index contributed by atoms with van der Waals surface area (Å²) in [5.74, 6) is 0.299. The van der Waals surface area contributed by atoms with E-state index in [0.29, 0.717) is 22.0 Å². The van der Waals surface area contributed by atoms with Crippen LogP contribution >= 0.6 is 11.6 Å². The highest BCUT2D eigenvalue weighted by Gasteiger charge is 2.13. The number of nitrogens with zero attached hydrogens (tertiary/aromatic N) is 4. The molecular weight excluding hydrogens is 270 g/mol. The van der Waals surface area contributed by atoms with E-state index in [0.717, 1.165) is 0 Å². The van der Waals surface area contributed by atoms with Crippen molar-refractivity contribution in [2.75, 3.05) is 0 Å². The van der Waals surface area contributed by atoms with Crippen molar-refractivity contribution in [3.8, 4) is 5.75 Å². The average Bonchev–Trinajstić information content (AvgIpc) is 2.81. The lowest BCUT2D eigenvalue weighted by atomic mass is 10.2. The molecule has 1 heterocycles. The fourth-order valence-electron chi connectivity index (χ4n) is 1.54. The van der Waals surface area contributed by atoms with Gasteiger partial charge in [-0.05, 0) is 12.1 Å². The average molecular weight is 282 g/mol. The van der Waals surface area contributed by atoms with E-state index in [1.54, 1.807) is 36.1 Å². The topological polar surface area (TPSA) is 98.5 Å². The van der Waals surface area contributed by atoms with Gasteiger partial charge in [0.15, 0.2) is 5.84 Å². The molecule has 3 N–H and O–H groups in total. The Morgan fingerprint density at radius 2 is 2.37 bits per heavy atom. The lowest BCUT2D eigenvalue weighted by Crippen LogP contribution is -2.15. The summed E-state index contributed by atoms with van der Waals surface area (Å²) in [6.45, 7) is 0.208. The van der Waals surface area contributed by atoms with Gasteiger partial charge in [-0.3, -0.25) is 4.68 Å². The van der Waals surface area contributed by atoms with Gasteiger partial charge >= 0.3 is 0 Å². The number of hydrogen-bond acceptors (Lipinski definition) is 5. The SMILES string of the molecule is Cn1cc(COc2cccc(Cl)c2/C(N)=N/O)nn1. The Hall–Kier alpha value is -2.28. The quantitative estimate of drug-likeness (QED) is 0.379. The summed E-state index contributed by atoms with van der Waals surface area (Å²) in [5, 5.41) is 19.7. The molecule has 7 nitrogen and oxygen atoms in total.